The first-order chi connectivity index (χ1) is 9.04. The fourth-order valence-corrected chi connectivity index (χ4v) is 1.56. The normalized spacial score (nSPS) is 10.5. The Labute approximate surface area is 111 Å². The van der Waals surface area contributed by atoms with Gasteiger partial charge in [-0.2, -0.15) is 20.1 Å². The Bertz CT molecular complexity index is 547. The highest BCUT2D eigenvalue weighted by Gasteiger charge is 2.05. The summed E-state index contributed by atoms with van der Waals surface area (Å²) >= 11 is 0. The first-order valence-electron chi connectivity index (χ1n) is 5.96. The van der Waals surface area contributed by atoms with Gasteiger partial charge in [0.25, 0.3) is 0 Å². The highest BCUT2D eigenvalue weighted by molar-refractivity contribution is 5.40. The molecule has 0 unspecified atom stereocenters. The number of nitrogens with two attached hydrogens (primary N) is 1. The van der Waals surface area contributed by atoms with Gasteiger partial charge in [-0.25, -0.2) is 0 Å². The number of nitrogens with one attached hydrogen (secondary N) is 1. The van der Waals surface area contributed by atoms with Gasteiger partial charge in [-0.1, -0.05) is 0 Å². The maximum Gasteiger partial charge on any atom is 0.231 e. The molecule has 2 aromatic heterocycles. The van der Waals surface area contributed by atoms with Crippen LogP contribution in [0.2, 0.25) is 0 Å². The fraction of sp³-hybridized carbons (Fsp3) is 0.455. The second-order valence-corrected chi connectivity index (χ2v) is 4.37. The molecule has 8 heteroatoms. The van der Waals surface area contributed by atoms with E-state index in [1.54, 1.807) is 9.58 Å². The van der Waals surface area contributed by atoms with E-state index in [2.05, 4.69) is 25.4 Å². The van der Waals surface area contributed by atoms with Crippen LogP contribution in [0.4, 0.5) is 17.8 Å². The maximum absolute atomic E-state index is 5.64. The molecule has 0 radical (unpaired) electrons. The van der Waals surface area contributed by atoms with Gasteiger partial charge in [-0.05, 0) is 6.07 Å². The molecule has 8 nitrogen and oxygen atoms in total. The van der Waals surface area contributed by atoms with Crippen molar-refractivity contribution in [2.75, 3.05) is 36.6 Å². The minimum absolute atomic E-state index is 0.207. The molecule has 3 N–H and O–H groups in total. The van der Waals surface area contributed by atoms with Gasteiger partial charge in [0.1, 0.15) is 0 Å². The molecule has 0 spiro atoms. The Balaban J connectivity index is 1.95. The van der Waals surface area contributed by atoms with E-state index in [0.717, 1.165) is 12.1 Å². The van der Waals surface area contributed by atoms with Crippen molar-refractivity contribution in [3.05, 3.63) is 18.0 Å². The van der Waals surface area contributed by atoms with Crippen LogP contribution in [0.1, 0.15) is 5.69 Å². The molecule has 0 bridgehead atoms. The lowest BCUT2D eigenvalue weighted by Crippen LogP contribution is -2.17. The van der Waals surface area contributed by atoms with Gasteiger partial charge in [0.05, 0.1) is 5.69 Å². The SMILES string of the molecule is CN(C)c1nc(N)nc(NCCc2ccn(C)n2)n1. The third kappa shape index (κ3) is 3.54. The molecular weight excluding hydrogens is 244 g/mol. The van der Waals surface area contributed by atoms with E-state index in [1.807, 2.05) is 33.4 Å². The molecule has 0 saturated heterocycles. The van der Waals surface area contributed by atoms with E-state index in [9.17, 15) is 0 Å². The standard InChI is InChI=1S/C11H18N8/c1-18(2)11-15-9(12)14-10(16-11)13-6-4-8-5-7-19(3)17-8/h5,7H,4,6H2,1-3H3,(H3,12,13,14,15,16). The minimum atomic E-state index is 0.207. The van der Waals surface area contributed by atoms with E-state index < -0.39 is 0 Å². The van der Waals surface area contributed by atoms with Gasteiger partial charge in [-0.3, -0.25) is 4.68 Å². The Kier molecular flexibility index (Phi) is 3.79. The monoisotopic (exact) mass is 262 g/mol. The summed E-state index contributed by atoms with van der Waals surface area (Å²) in [6, 6.07) is 1.98. The number of aryl methyl sites for hydroxylation is 1. The average Bonchev–Trinajstić information content (AvgIpc) is 2.74. The van der Waals surface area contributed by atoms with Crippen molar-refractivity contribution in [3.63, 3.8) is 0 Å². The van der Waals surface area contributed by atoms with Crippen molar-refractivity contribution >= 4 is 17.8 Å². The summed E-state index contributed by atoms with van der Waals surface area (Å²) in [6.07, 6.45) is 2.71. The predicted octanol–water partition coefficient (Wildman–Crippen LogP) is -0.0921. The second kappa shape index (κ2) is 5.51. The number of nitrogens with zero attached hydrogens (tertiary/aromatic N) is 6. The van der Waals surface area contributed by atoms with Crippen LogP contribution in [0.3, 0.4) is 0 Å². The molecule has 2 rings (SSSR count). The van der Waals surface area contributed by atoms with Crippen molar-refractivity contribution in [1.82, 2.24) is 24.7 Å². The zero-order chi connectivity index (χ0) is 13.8. The van der Waals surface area contributed by atoms with Crippen LogP contribution in [-0.4, -0.2) is 45.4 Å². The molecule has 0 aromatic carbocycles. The molecule has 0 aliphatic carbocycles. The summed E-state index contributed by atoms with van der Waals surface area (Å²) in [5, 5.41) is 7.42. The van der Waals surface area contributed by atoms with Gasteiger partial charge >= 0.3 is 0 Å². The van der Waals surface area contributed by atoms with Crippen molar-refractivity contribution in [1.29, 1.82) is 0 Å². The Morgan fingerprint density at radius 1 is 1.32 bits per heavy atom. The van der Waals surface area contributed by atoms with Crippen molar-refractivity contribution in [3.8, 4) is 0 Å². The number of hydrogen-bond acceptors (Lipinski definition) is 7. The van der Waals surface area contributed by atoms with Crippen LogP contribution in [-0.2, 0) is 13.5 Å². The third-order valence-electron chi connectivity index (χ3n) is 2.47. The lowest BCUT2D eigenvalue weighted by Gasteiger charge is -2.11. The third-order valence-corrected chi connectivity index (χ3v) is 2.47. The van der Waals surface area contributed by atoms with Crippen LogP contribution in [0.25, 0.3) is 0 Å². The minimum Gasteiger partial charge on any atom is -0.368 e. The molecule has 0 fully saturated rings. The topological polar surface area (TPSA) is 97.8 Å². The molecule has 0 amide bonds. The molecule has 19 heavy (non-hydrogen) atoms. The van der Waals surface area contributed by atoms with Crippen LogP contribution >= 0.6 is 0 Å². The van der Waals surface area contributed by atoms with Gasteiger partial charge in [0, 0.05) is 40.3 Å². The van der Waals surface area contributed by atoms with Gasteiger partial charge in [-0.15, -0.1) is 0 Å². The quantitative estimate of drug-likeness (QED) is 0.777. The number of anilines is 3. The Morgan fingerprint density at radius 3 is 2.74 bits per heavy atom. The number of aromatic nitrogens is 5. The summed E-state index contributed by atoms with van der Waals surface area (Å²) in [5.74, 6) is 1.22. The number of rotatable bonds is 5. The molecular formula is C11H18N8. The van der Waals surface area contributed by atoms with E-state index >= 15 is 0 Å². The zero-order valence-electron chi connectivity index (χ0n) is 11.3. The van der Waals surface area contributed by atoms with Crippen LogP contribution in [0.5, 0.6) is 0 Å². The summed E-state index contributed by atoms with van der Waals surface area (Å²) in [7, 11) is 5.60. The predicted molar refractivity (Wildman–Crippen MR) is 74.0 cm³/mol. The summed E-state index contributed by atoms with van der Waals surface area (Å²) in [6.45, 7) is 0.688. The highest BCUT2D eigenvalue weighted by atomic mass is 15.3. The molecule has 0 aliphatic heterocycles. The van der Waals surface area contributed by atoms with E-state index in [0.29, 0.717) is 18.4 Å². The van der Waals surface area contributed by atoms with Gasteiger partial charge in [0.15, 0.2) is 0 Å². The molecule has 0 saturated carbocycles. The summed E-state index contributed by atoms with van der Waals surface area (Å²) in [4.78, 5) is 14.1. The van der Waals surface area contributed by atoms with Crippen LogP contribution in [0.15, 0.2) is 12.3 Å². The Hall–Kier alpha value is -2.38. The molecule has 102 valence electrons. The van der Waals surface area contributed by atoms with Crippen molar-refractivity contribution in [2.45, 2.75) is 6.42 Å². The van der Waals surface area contributed by atoms with Gasteiger partial charge in [0.2, 0.25) is 17.8 Å². The Morgan fingerprint density at radius 2 is 2.11 bits per heavy atom. The lowest BCUT2D eigenvalue weighted by molar-refractivity contribution is 0.741. The van der Waals surface area contributed by atoms with Crippen LogP contribution in [0, 0.1) is 0 Å². The maximum atomic E-state index is 5.64. The van der Waals surface area contributed by atoms with Crippen molar-refractivity contribution < 1.29 is 0 Å². The molecule has 2 heterocycles. The molecule has 0 aliphatic rings. The lowest BCUT2D eigenvalue weighted by atomic mass is 10.3. The first kappa shape index (κ1) is 13.1. The van der Waals surface area contributed by atoms with Gasteiger partial charge < -0.3 is 16.0 Å². The number of hydrogen-bond donors (Lipinski definition) is 2. The van der Waals surface area contributed by atoms with Crippen molar-refractivity contribution in [2.24, 2.45) is 7.05 Å². The largest absolute Gasteiger partial charge is 0.368 e. The molecule has 2 aromatic rings. The smallest absolute Gasteiger partial charge is 0.231 e. The molecule has 0 atom stereocenters. The van der Waals surface area contributed by atoms with E-state index in [-0.39, 0.29) is 5.95 Å². The van der Waals surface area contributed by atoms with Crippen LogP contribution < -0.4 is 16.0 Å². The zero-order valence-corrected chi connectivity index (χ0v) is 11.3. The fourth-order valence-electron chi connectivity index (χ4n) is 1.56. The highest BCUT2D eigenvalue weighted by Crippen LogP contribution is 2.09. The summed E-state index contributed by atoms with van der Waals surface area (Å²) < 4.78 is 1.78. The average molecular weight is 262 g/mol. The second-order valence-electron chi connectivity index (χ2n) is 4.37. The number of nitrogen functional groups attached to an aromatic ring is 1. The van der Waals surface area contributed by atoms with E-state index in [1.165, 1.54) is 0 Å². The summed E-state index contributed by atoms with van der Waals surface area (Å²) in [5.41, 5.74) is 6.66. The van der Waals surface area contributed by atoms with E-state index in [4.69, 9.17) is 5.73 Å². The first-order valence-corrected chi connectivity index (χ1v) is 5.96.